The van der Waals surface area contributed by atoms with E-state index in [-0.39, 0.29) is 17.9 Å². The number of nitrogens with zero attached hydrogens (tertiary/aromatic N) is 2. The molecule has 0 saturated carbocycles. The highest BCUT2D eigenvalue weighted by molar-refractivity contribution is 7.13. The summed E-state index contributed by atoms with van der Waals surface area (Å²) in [4.78, 5) is 23.3. The topological polar surface area (TPSA) is 93.2 Å². The van der Waals surface area contributed by atoms with Crippen LogP contribution in [0.4, 0.5) is 5.69 Å². The van der Waals surface area contributed by atoms with Crippen LogP contribution in [0, 0.1) is 21.4 Å². The van der Waals surface area contributed by atoms with E-state index in [1.165, 1.54) is 23.5 Å². The van der Waals surface area contributed by atoms with Gasteiger partial charge in [-0.1, -0.05) is 13.3 Å². The lowest BCUT2D eigenvalue weighted by molar-refractivity contribution is -0.385. The van der Waals surface area contributed by atoms with Crippen molar-refractivity contribution in [1.29, 1.82) is 5.26 Å². The maximum Gasteiger partial charge on any atom is 0.348 e. The molecular weight excluding hydrogens is 292 g/mol. The lowest BCUT2D eigenvalue weighted by atomic mass is 10.2. The molecule has 1 heterocycles. The summed E-state index contributed by atoms with van der Waals surface area (Å²) in [5.41, 5.74) is -0.115. The monoisotopic (exact) mass is 308 g/mol. The molecule has 1 aromatic rings. The third kappa shape index (κ3) is 4.68. The number of aryl methyl sites for hydroxylation is 1. The Kier molecular flexibility index (Phi) is 6.56. The number of carbonyl (C=O) groups excluding carboxylic acids is 1. The van der Waals surface area contributed by atoms with Crippen LogP contribution < -0.4 is 0 Å². The van der Waals surface area contributed by atoms with Gasteiger partial charge in [0.25, 0.3) is 5.69 Å². The predicted octanol–water partition coefficient (Wildman–Crippen LogP) is 3.47. The summed E-state index contributed by atoms with van der Waals surface area (Å²) in [6.45, 7) is 3.82. The number of nitriles is 1. The smallest absolute Gasteiger partial charge is 0.348 e. The first-order chi connectivity index (χ1) is 10.0. The van der Waals surface area contributed by atoms with E-state index in [9.17, 15) is 14.9 Å². The van der Waals surface area contributed by atoms with Crippen LogP contribution in [-0.4, -0.2) is 17.5 Å². The fourth-order valence-electron chi connectivity index (χ4n) is 1.67. The number of esters is 1. The summed E-state index contributed by atoms with van der Waals surface area (Å²) in [7, 11) is 0. The van der Waals surface area contributed by atoms with E-state index in [1.54, 1.807) is 13.0 Å². The molecule has 0 fully saturated rings. The molecule has 0 aliphatic rings. The van der Waals surface area contributed by atoms with Crippen LogP contribution in [0.1, 0.15) is 36.4 Å². The van der Waals surface area contributed by atoms with Crippen LogP contribution >= 0.6 is 11.3 Å². The van der Waals surface area contributed by atoms with Crippen molar-refractivity contribution in [2.75, 3.05) is 6.61 Å². The van der Waals surface area contributed by atoms with Gasteiger partial charge in [-0.3, -0.25) is 10.1 Å². The fraction of sp³-hybridized carbons (Fsp3) is 0.429. The molecule has 0 spiro atoms. The Balaban J connectivity index is 3.10. The normalized spacial score (nSPS) is 11.0. The molecular formula is C14H16N2O4S. The molecule has 0 aromatic carbocycles. The van der Waals surface area contributed by atoms with Gasteiger partial charge in [0.2, 0.25) is 0 Å². The quantitative estimate of drug-likeness (QED) is 0.253. The second-order valence-electron chi connectivity index (χ2n) is 4.21. The minimum atomic E-state index is -0.717. The molecule has 0 amide bonds. The number of unbranched alkanes of at least 4 members (excludes halogenated alkanes) is 1. The molecule has 1 rings (SSSR count). The van der Waals surface area contributed by atoms with Crippen LogP contribution in [0.15, 0.2) is 11.6 Å². The first kappa shape index (κ1) is 16.9. The summed E-state index contributed by atoms with van der Waals surface area (Å²) < 4.78 is 4.76. The summed E-state index contributed by atoms with van der Waals surface area (Å²) in [5, 5.41) is 20.0. The van der Waals surface area contributed by atoms with Gasteiger partial charge in [-0.05, 0) is 25.8 Å². The van der Waals surface area contributed by atoms with E-state index < -0.39 is 10.9 Å². The van der Waals surface area contributed by atoms with Crippen molar-refractivity contribution in [2.45, 2.75) is 33.1 Å². The summed E-state index contributed by atoms with van der Waals surface area (Å²) in [6, 6.07) is 3.15. The van der Waals surface area contributed by atoms with E-state index in [0.717, 1.165) is 12.8 Å². The molecule has 0 aliphatic carbocycles. The second-order valence-corrected chi connectivity index (χ2v) is 5.38. The number of thiophene rings is 1. The molecule has 6 nitrogen and oxygen atoms in total. The molecule has 0 bridgehead atoms. The minimum Gasteiger partial charge on any atom is -0.462 e. The first-order valence-electron chi connectivity index (χ1n) is 6.59. The number of hydrogen-bond acceptors (Lipinski definition) is 6. The first-order valence-corrected chi connectivity index (χ1v) is 7.41. The molecule has 0 unspecified atom stereocenters. The molecule has 112 valence electrons. The Bertz CT molecular complexity index is 599. The molecule has 0 radical (unpaired) electrons. The Labute approximate surface area is 126 Å². The van der Waals surface area contributed by atoms with Crippen LogP contribution in [-0.2, 0) is 16.0 Å². The van der Waals surface area contributed by atoms with E-state index in [1.807, 2.05) is 6.92 Å². The Morgan fingerprint density at radius 2 is 2.29 bits per heavy atom. The zero-order valence-corrected chi connectivity index (χ0v) is 12.7. The van der Waals surface area contributed by atoms with Gasteiger partial charge in [0.15, 0.2) is 0 Å². The number of carbonyl (C=O) groups is 1. The van der Waals surface area contributed by atoms with Crippen molar-refractivity contribution in [3.63, 3.8) is 0 Å². The van der Waals surface area contributed by atoms with Crippen molar-refractivity contribution in [2.24, 2.45) is 0 Å². The average molecular weight is 308 g/mol. The standard InChI is InChI=1S/C14H16N2O4S/c1-3-5-6-13-12(16(18)19)8-11(21-13)7-10(9-15)14(17)20-4-2/h7-8H,3-6H2,1-2H3. The van der Waals surface area contributed by atoms with Gasteiger partial charge in [-0.2, -0.15) is 5.26 Å². The van der Waals surface area contributed by atoms with E-state index in [0.29, 0.717) is 16.2 Å². The van der Waals surface area contributed by atoms with E-state index >= 15 is 0 Å². The zero-order chi connectivity index (χ0) is 15.8. The highest BCUT2D eigenvalue weighted by Gasteiger charge is 2.19. The van der Waals surface area contributed by atoms with Gasteiger partial charge in [0.1, 0.15) is 11.6 Å². The van der Waals surface area contributed by atoms with Crippen LogP contribution in [0.5, 0.6) is 0 Å². The number of hydrogen-bond donors (Lipinski definition) is 0. The Hall–Kier alpha value is -2.20. The van der Waals surface area contributed by atoms with Gasteiger partial charge in [0.05, 0.1) is 16.4 Å². The summed E-state index contributed by atoms with van der Waals surface area (Å²) in [6.07, 6.45) is 3.75. The average Bonchev–Trinajstić information content (AvgIpc) is 2.85. The molecule has 7 heteroatoms. The zero-order valence-electron chi connectivity index (χ0n) is 11.9. The third-order valence-corrected chi connectivity index (χ3v) is 3.79. The third-order valence-electron chi connectivity index (χ3n) is 2.66. The van der Waals surface area contributed by atoms with E-state index in [4.69, 9.17) is 10.00 Å². The van der Waals surface area contributed by atoms with Crippen molar-refractivity contribution < 1.29 is 14.5 Å². The summed E-state index contributed by atoms with van der Waals surface area (Å²) >= 11 is 1.23. The van der Waals surface area contributed by atoms with Crippen LogP contribution in [0.3, 0.4) is 0 Å². The number of rotatable bonds is 7. The van der Waals surface area contributed by atoms with Gasteiger partial charge in [0, 0.05) is 10.9 Å². The van der Waals surface area contributed by atoms with Gasteiger partial charge in [-0.15, -0.1) is 11.3 Å². The van der Waals surface area contributed by atoms with Gasteiger partial charge in [-0.25, -0.2) is 4.79 Å². The molecule has 1 aromatic heterocycles. The molecule has 0 N–H and O–H groups in total. The van der Waals surface area contributed by atoms with Crippen molar-refractivity contribution in [1.82, 2.24) is 0 Å². The summed E-state index contributed by atoms with van der Waals surface area (Å²) in [5.74, 6) is -0.717. The Morgan fingerprint density at radius 1 is 1.57 bits per heavy atom. The van der Waals surface area contributed by atoms with E-state index in [2.05, 4.69) is 0 Å². The predicted molar refractivity (Wildman–Crippen MR) is 79.8 cm³/mol. The fourth-order valence-corrected chi connectivity index (χ4v) is 2.79. The molecule has 0 aliphatic heterocycles. The SMILES string of the molecule is CCCCc1sc(C=C(C#N)C(=O)OCC)cc1[N+](=O)[O-]. The van der Waals surface area contributed by atoms with Gasteiger partial charge < -0.3 is 4.74 Å². The van der Waals surface area contributed by atoms with Crippen LogP contribution in [0.2, 0.25) is 0 Å². The highest BCUT2D eigenvalue weighted by Crippen LogP contribution is 2.32. The van der Waals surface area contributed by atoms with Gasteiger partial charge >= 0.3 is 5.97 Å². The number of nitro groups is 1. The van der Waals surface area contributed by atoms with Crippen molar-refractivity contribution in [3.8, 4) is 6.07 Å². The lowest BCUT2D eigenvalue weighted by Gasteiger charge is -1.98. The second kappa shape index (κ2) is 8.17. The number of ether oxygens (including phenoxy) is 1. The molecule has 0 saturated heterocycles. The van der Waals surface area contributed by atoms with Crippen molar-refractivity contribution in [3.05, 3.63) is 31.5 Å². The largest absolute Gasteiger partial charge is 0.462 e. The van der Waals surface area contributed by atoms with Crippen molar-refractivity contribution >= 4 is 29.1 Å². The lowest BCUT2D eigenvalue weighted by Crippen LogP contribution is -2.05. The maximum absolute atomic E-state index is 11.5. The minimum absolute atomic E-state index is 0.0425. The molecule has 0 atom stereocenters. The van der Waals surface area contributed by atoms with Crippen LogP contribution in [0.25, 0.3) is 6.08 Å². The Morgan fingerprint density at radius 3 is 2.81 bits per heavy atom. The molecule has 21 heavy (non-hydrogen) atoms. The highest BCUT2D eigenvalue weighted by atomic mass is 32.1. The maximum atomic E-state index is 11.5.